The summed E-state index contributed by atoms with van der Waals surface area (Å²) in [6.07, 6.45) is 9.14. The van der Waals surface area contributed by atoms with E-state index in [2.05, 4.69) is 33.4 Å². The fourth-order valence-corrected chi connectivity index (χ4v) is 24.1. The second-order valence-electron chi connectivity index (χ2n) is 28.1. The number of benzene rings is 2. The number of fused-ring (bicyclic) bond motifs is 16. The molecule has 4 aromatic heterocycles. The molecule has 14 nitrogen and oxygen atoms in total. The molecule has 15 unspecified atom stereocenters. The van der Waals surface area contributed by atoms with E-state index in [9.17, 15) is 48.2 Å². The number of nitrogens with zero attached hydrogens (tertiary/aromatic N) is 4. The molecule has 5 saturated carbocycles. The number of nitriles is 4. The van der Waals surface area contributed by atoms with Crippen molar-refractivity contribution in [1.82, 2.24) is 21.3 Å². The number of nitrogens with one attached hydrogen (secondary N) is 4. The highest BCUT2D eigenvalue weighted by atomic mass is 32.1. The van der Waals surface area contributed by atoms with Gasteiger partial charge >= 0.3 is 0 Å². The number of thiophene rings is 4. The van der Waals surface area contributed by atoms with Gasteiger partial charge in [0.15, 0.2) is 46.4 Å². The molecular formula is C72H58F4N8O6S4. The van der Waals surface area contributed by atoms with Crippen molar-refractivity contribution in [2.75, 3.05) is 0 Å². The van der Waals surface area contributed by atoms with Crippen LogP contribution in [0.2, 0.25) is 0 Å². The molecular weight excluding hydrogens is 1280 g/mol. The van der Waals surface area contributed by atoms with Crippen molar-refractivity contribution >= 4 is 85.7 Å². The van der Waals surface area contributed by atoms with Crippen LogP contribution in [-0.2, 0) is 27.2 Å². The fraction of sp³-hybridized carbons (Fsp3) is 0.417. The highest BCUT2D eigenvalue weighted by Gasteiger charge is 2.65. The first kappa shape index (κ1) is 60.0. The van der Waals surface area contributed by atoms with E-state index in [1.54, 1.807) is 28.7 Å². The average molecular weight is 1340 g/mol. The molecule has 474 valence electrons. The van der Waals surface area contributed by atoms with Crippen molar-refractivity contribution in [2.45, 2.75) is 157 Å². The lowest BCUT2D eigenvalue weighted by Gasteiger charge is -2.59. The van der Waals surface area contributed by atoms with Crippen LogP contribution in [0, 0.1) is 98.2 Å². The normalized spacial score (nSPS) is 31.8. The third-order valence-electron chi connectivity index (χ3n) is 22.6. The Morgan fingerprint density at radius 3 is 1.61 bits per heavy atom. The molecule has 17 rings (SSSR count). The average Bonchev–Trinajstić information content (AvgIpc) is 1.44. The Labute approximate surface area is 554 Å². The second kappa shape index (κ2) is 21.4. The third kappa shape index (κ3) is 8.62. The number of carbonyl (C=O) groups is 4. The lowest BCUT2D eigenvalue weighted by Crippen LogP contribution is -2.80. The minimum atomic E-state index is -1.23. The molecule has 22 heteroatoms. The number of piperazine rings is 2. The van der Waals surface area contributed by atoms with Crippen LogP contribution in [-0.4, -0.2) is 71.5 Å². The Balaban J connectivity index is 0.792. The monoisotopic (exact) mass is 1330 g/mol. The van der Waals surface area contributed by atoms with Crippen molar-refractivity contribution in [3.8, 4) is 55.3 Å². The van der Waals surface area contributed by atoms with E-state index in [4.69, 9.17) is 9.47 Å². The molecule has 11 aliphatic rings. The van der Waals surface area contributed by atoms with E-state index in [1.165, 1.54) is 22.7 Å². The van der Waals surface area contributed by atoms with Crippen molar-refractivity contribution in [1.29, 1.82) is 21.0 Å². The van der Waals surface area contributed by atoms with Crippen molar-refractivity contribution in [3.05, 3.63) is 141 Å². The Morgan fingerprint density at radius 1 is 0.543 bits per heavy atom. The van der Waals surface area contributed by atoms with Gasteiger partial charge in [0.05, 0.1) is 37.5 Å². The quantitative estimate of drug-likeness (QED) is 0.0715. The van der Waals surface area contributed by atoms with Crippen LogP contribution in [0.5, 0.6) is 11.5 Å². The number of Topliss-reactive ketones (excluding diaryl/α,β-unsaturated/α-hetero) is 4. The topological polar surface area (TPSA) is 230 Å². The number of hydrogen-bond donors (Lipinski definition) is 4. The van der Waals surface area contributed by atoms with Gasteiger partial charge in [-0.1, -0.05) is 25.7 Å². The number of rotatable bonds is 5. The summed E-state index contributed by atoms with van der Waals surface area (Å²) in [4.78, 5) is 65.3. The van der Waals surface area contributed by atoms with E-state index in [0.29, 0.717) is 16.4 Å². The van der Waals surface area contributed by atoms with Gasteiger partial charge in [0.2, 0.25) is 0 Å². The van der Waals surface area contributed by atoms with Crippen LogP contribution in [0.1, 0.15) is 153 Å². The van der Waals surface area contributed by atoms with Crippen LogP contribution in [0.3, 0.4) is 0 Å². The molecule has 4 aliphatic heterocycles. The smallest absolute Gasteiger partial charge is 0.194 e. The highest BCUT2D eigenvalue weighted by Crippen LogP contribution is 2.61. The molecule has 0 radical (unpaired) electrons. The van der Waals surface area contributed by atoms with Gasteiger partial charge < -0.3 is 30.7 Å². The van der Waals surface area contributed by atoms with Gasteiger partial charge in [0.25, 0.3) is 0 Å². The van der Waals surface area contributed by atoms with Crippen LogP contribution in [0.4, 0.5) is 17.6 Å². The minimum Gasteiger partial charge on any atom is -0.482 e. The fourth-order valence-electron chi connectivity index (χ4n) is 18.6. The van der Waals surface area contributed by atoms with E-state index >= 15 is 9.59 Å². The number of carbonyl (C=O) groups excluding carboxylic acids is 4. The van der Waals surface area contributed by atoms with Gasteiger partial charge in [-0.3, -0.25) is 19.2 Å². The zero-order valence-electron chi connectivity index (χ0n) is 51.1. The number of halogens is 4. The molecule has 15 atom stereocenters. The molecule has 2 saturated heterocycles. The summed E-state index contributed by atoms with van der Waals surface area (Å²) < 4.78 is 73.1. The van der Waals surface area contributed by atoms with Crippen LogP contribution in [0.25, 0.3) is 36.7 Å². The summed E-state index contributed by atoms with van der Waals surface area (Å²) in [6.45, 7) is 7.99. The summed E-state index contributed by atoms with van der Waals surface area (Å²) in [5, 5.41) is 57.3. The van der Waals surface area contributed by atoms with Gasteiger partial charge in [-0.2, -0.15) is 21.0 Å². The SMILES string of the molecule is CC1(C)Oc2cc(C3C4NC5C(NC4C(c4cc6c(s4)-c4sc(/C=C7\C(=O)c8cc(F)c(F)cc8C7=C(C#N)C#N)cc4OC6(C)C)C4NC6C(NC43)C(=O)C3CCCCC36)C(=O)C3CCCCC35)sc2-c2sc(CC3C(=O)c4cc(F)c(F)cc4C3=C(C#N)C#N)cc21. The molecule has 7 aliphatic carbocycles. The number of hydrogen-bond acceptors (Lipinski definition) is 18. The highest BCUT2D eigenvalue weighted by molar-refractivity contribution is 7.23. The number of ether oxygens (including phenoxy) is 2. The minimum absolute atomic E-state index is 0.0356. The molecule has 7 fully saturated rings. The summed E-state index contributed by atoms with van der Waals surface area (Å²) in [5.41, 5.74) is -0.999. The molecule has 0 spiro atoms. The van der Waals surface area contributed by atoms with Crippen LogP contribution in [0.15, 0.2) is 65.3 Å². The lowest BCUT2D eigenvalue weighted by molar-refractivity contribution is -0.125. The van der Waals surface area contributed by atoms with E-state index in [-0.39, 0.29) is 134 Å². The Bertz CT molecular complexity index is 4720. The van der Waals surface area contributed by atoms with Gasteiger partial charge in [-0.25, -0.2) is 17.6 Å². The Hall–Kier alpha value is -7.74. The number of allylic oxidation sites excluding steroid dienone is 5. The predicted octanol–water partition coefficient (Wildman–Crippen LogP) is 13.0. The first-order chi connectivity index (χ1) is 45.2. The molecule has 6 aromatic rings. The second-order valence-corrected chi connectivity index (χ2v) is 32.5. The molecule has 8 heterocycles. The first-order valence-electron chi connectivity index (χ1n) is 32.1. The maximum Gasteiger partial charge on any atom is 0.194 e. The summed E-state index contributed by atoms with van der Waals surface area (Å²) >= 11 is 6.12. The summed E-state index contributed by atoms with van der Waals surface area (Å²) in [7, 11) is 0. The van der Waals surface area contributed by atoms with Crippen molar-refractivity contribution < 1.29 is 46.2 Å². The van der Waals surface area contributed by atoms with Crippen LogP contribution >= 0.6 is 45.3 Å². The first-order valence-corrected chi connectivity index (χ1v) is 35.4. The van der Waals surface area contributed by atoms with Crippen molar-refractivity contribution in [2.24, 2.45) is 29.6 Å². The van der Waals surface area contributed by atoms with E-state index < -0.39 is 69.6 Å². The third-order valence-corrected chi connectivity index (χ3v) is 27.6. The standard InChI is InChI=1S/C72H58F4N8O6S4/c1-71(2)41-15-29(13-39-51(27(23-77)24-78)35-17-43(73)45(75)19-37(35)63(39)85)91-67(41)70-48(90-71)22-50(94-70)54-58-59(83-61-56(82-58)32-10-6-8-12-34(32)65(61)87)53(57-60(54)84-62-55(81-57)31-9-5-7-11-33(31)66(62)88)49-21-42-68(93-49)69-47(89-72(42,3)4)16-30(92-69)14-40-52(28(25-79)26-80)36-18-44(74)46(76)20-38(36)64(40)86/h14-22,31-34,39,53-62,81-84H,5-13H2,1-4H3/b40-14-. The van der Waals surface area contributed by atoms with E-state index in [0.717, 1.165) is 121 Å². The summed E-state index contributed by atoms with van der Waals surface area (Å²) in [5.74, 6) is -5.90. The molecule has 0 amide bonds. The van der Waals surface area contributed by atoms with Gasteiger partial charge in [-0.05, 0) is 143 Å². The summed E-state index contributed by atoms with van der Waals surface area (Å²) in [6, 6.07) is 16.5. The zero-order chi connectivity index (χ0) is 65.0. The largest absolute Gasteiger partial charge is 0.482 e. The van der Waals surface area contributed by atoms with Gasteiger partial charge in [0.1, 0.15) is 58.1 Å². The Morgan fingerprint density at radius 2 is 1.02 bits per heavy atom. The van der Waals surface area contributed by atoms with Crippen molar-refractivity contribution in [3.63, 3.8) is 0 Å². The number of ketones is 4. The predicted molar refractivity (Wildman–Crippen MR) is 345 cm³/mol. The maximum atomic E-state index is 15.0. The molecule has 2 aromatic carbocycles. The molecule has 4 N–H and O–H groups in total. The molecule has 94 heavy (non-hydrogen) atoms. The lowest BCUT2D eigenvalue weighted by atomic mass is 9.64. The maximum absolute atomic E-state index is 15.0. The van der Waals surface area contributed by atoms with E-state index in [1.807, 2.05) is 64.1 Å². The Kier molecular flexibility index (Phi) is 13.6. The molecule has 0 bridgehead atoms. The van der Waals surface area contributed by atoms with Gasteiger partial charge in [-0.15, -0.1) is 45.3 Å². The van der Waals surface area contributed by atoms with Gasteiger partial charge in [0, 0.05) is 113 Å². The van der Waals surface area contributed by atoms with Crippen LogP contribution < -0.4 is 30.7 Å². The zero-order valence-corrected chi connectivity index (χ0v) is 54.4.